The maximum absolute atomic E-state index is 11.6. The van der Waals surface area contributed by atoms with Crippen LogP contribution < -0.4 is 4.74 Å². The molecule has 0 N–H and O–H groups in total. The van der Waals surface area contributed by atoms with Gasteiger partial charge in [0.05, 0.1) is 19.2 Å². The molecule has 0 saturated carbocycles. The van der Waals surface area contributed by atoms with Crippen molar-refractivity contribution in [2.24, 2.45) is 0 Å². The number of ether oxygens (including phenoxy) is 2. The number of hydrogen-bond donors (Lipinski definition) is 0. The van der Waals surface area contributed by atoms with Crippen LogP contribution in [0.1, 0.15) is 11.3 Å². The summed E-state index contributed by atoms with van der Waals surface area (Å²) in [7, 11) is 1.61. The molecule has 0 radical (unpaired) electrons. The Balaban J connectivity index is 1.83. The maximum atomic E-state index is 11.6. The molecule has 0 spiro atoms. The summed E-state index contributed by atoms with van der Waals surface area (Å²) in [6.45, 7) is 0.260. The van der Waals surface area contributed by atoms with Crippen molar-refractivity contribution < 1.29 is 14.3 Å². The fourth-order valence-electron chi connectivity index (χ4n) is 1.59. The van der Waals surface area contributed by atoms with Gasteiger partial charge in [0.15, 0.2) is 0 Å². The van der Waals surface area contributed by atoms with Gasteiger partial charge in [-0.15, -0.1) is 0 Å². The summed E-state index contributed by atoms with van der Waals surface area (Å²) in [5, 5.41) is 0. The first-order valence-corrected chi connectivity index (χ1v) is 5.96. The highest BCUT2D eigenvalue weighted by atomic mass is 16.5. The average Bonchev–Trinajstić information content (AvgIpc) is 2.47. The summed E-state index contributed by atoms with van der Waals surface area (Å²) < 4.78 is 10.2. The third kappa shape index (κ3) is 4.10. The molecule has 0 aliphatic carbocycles. The number of rotatable bonds is 5. The number of methoxy groups -OCH3 is 1. The summed E-state index contributed by atoms with van der Waals surface area (Å²) in [5.41, 5.74) is 1.64. The van der Waals surface area contributed by atoms with E-state index in [0.29, 0.717) is 5.69 Å². The van der Waals surface area contributed by atoms with Gasteiger partial charge >= 0.3 is 5.97 Å². The largest absolute Gasteiger partial charge is 0.497 e. The Morgan fingerprint density at radius 1 is 1.16 bits per heavy atom. The fraction of sp³-hybridized carbons (Fsp3) is 0.200. The van der Waals surface area contributed by atoms with E-state index in [0.717, 1.165) is 11.3 Å². The quantitative estimate of drug-likeness (QED) is 0.772. The Hall–Kier alpha value is -2.36. The molecular weight excluding hydrogens is 242 g/mol. The molecule has 0 atom stereocenters. The SMILES string of the molecule is COc1ccc(COC(=O)Cc2ccccn2)cc1. The smallest absolute Gasteiger partial charge is 0.312 e. The molecule has 0 aliphatic rings. The molecule has 4 heteroatoms. The highest BCUT2D eigenvalue weighted by molar-refractivity contribution is 5.71. The lowest BCUT2D eigenvalue weighted by Crippen LogP contribution is -2.08. The Labute approximate surface area is 112 Å². The third-order valence-electron chi connectivity index (χ3n) is 2.61. The summed E-state index contributed by atoms with van der Waals surface area (Å²) >= 11 is 0. The zero-order valence-electron chi connectivity index (χ0n) is 10.7. The lowest BCUT2D eigenvalue weighted by atomic mass is 10.2. The predicted octanol–water partition coefficient (Wildman–Crippen LogP) is 2.38. The van der Waals surface area contributed by atoms with Crippen LogP contribution in [0.4, 0.5) is 0 Å². The second kappa shape index (κ2) is 6.54. The molecule has 0 saturated heterocycles. The molecule has 0 fully saturated rings. The first kappa shape index (κ1) is 13.1. The van der Waals surface area contributed by atoms with Crippen LogP contribution >= 0.6 is 0 Å². The van der Waals surface area contributed by atoms with Crippen LogP contribution in [0.15, 0.2) is 48.7 Å². The number of carbonyl (C=O) groups excluding carboxylic acids is 1. The van der Waals surface area contributed by atoms with Gasteiger partial charge in [-0.05, 0) is 29.8 Å². The van der Waals surface area contributed by atoms with Gasteiger partial charge in [0, 0.05) is 6.20 Å². The van der Waals surface area contributed by atoms with Gasteiger partial charge in [0.25, 0.3) is 0 Å². The molecule has 4 nitrogen and oxygen atoms in total. The van der Waals surface area contributed by atoms with E-state index in [1.54, 1.807) is 19.4 Å². The fourth-order valence-corrected chi connectivity index (χ4v) is 1.59. The van der Waals surface area contributed by atoms with Crippen molar-refractivity contribution in [1.82, 2.24) is 4.98 Å². The summed E-state index contributed by atoms with van der Waals surface area (Å²) in [5.74, 6) is 0.498. The summed E-state index contributed by atoms with van der Waals surface area (Å²) in [4.78, 5) is 15.7. The number of nitrogens with zero attached hydrogens (tertiary/aromatic N) is 1. The molecule has 2 rings (SSSR count). The van der Waals surface area contributed by atoms with Crippen LogP contribution in [0.5, 0.6) is 5.75 Å². The predicted molar refractivity (Wildman–Crippen MR) is 70.7 cm³/mol. The minimum atomic E-state index is -0.283. The second-order valence-corrected chi connectivity index (χ2v) is 4.01. The van der Waals surface area contributed by atoms with Crippen LogP contribution in [-0.4, -0.2) is 18.1 Å². The monoisotopic (exact) mass is 257 g/mol. The van der Waals surface area contributed by atoms with E-state index in [1.807, 2.05) is 36.4 Å². The van der Waals surface area contributed by atoms with E-state index >= 15 is 0 Å². The van der Waals surface area contributed by atoms with E-state index in [9.17, 15) is 4.79 Å². The molecule has 1 heterocycles. The van der Waals surface area contributed by atoms with E-state index in [2.05, 4.69) is 4.98 Å². The molecule has 2 aromatic rings. The van der Waals surface area contributed by atoms with Crippen molar-refractivity contribution in [1.29, 1.82) is 0 Å². The number of hydrogen-bond acceptors (Lipinski definition) is 4. The standard InChI is InChI=1S/C15H15NO3/c1-18-14-7-5-12(6-8-14)11-19-15(17)10-13-4-2-3-9-16-13/h2-9H,10-11H2,1H3. The molecule has 0 aliphatic heterocycles. The number of benzene rings is 1. The average molecular weight is 257 g/mol. The van der Waals surface area contributed by atoms with Gasteiger partial charge in [-0.1, -0.05) is 18.2 Å². The minimum Gasteiger partial charge on any atom is -0.497 e. The van der Waals surface area contributed by atoms with Gasteiger partial charge in [0.2, 0.25) is 0 Å². The first-order valence-electron chi connectivity index (χ1n) is 5.96. The first-order chi connectivity index (χ1) is 9.28. The van der Waals surface area contributed by atoms with Crippen molar-refractivity contribution in [3.8, 4) is 5.75 Å². The van der Waals surface area contributed by atoms with Crippen LogP contribution in [0.3, 0.4) is 0 Å². The summed E-state index contributed by atoms with van der Waals surface area (Å²) in [6, 6.07) is 12.9. The molecule has 98 valence electrons. The van der Waals surface area contributed by atoms with Crippen molar-refractivity contribution in [3.05, 3.63) is 59.9 Å². The lowest BCUT2D eigenvalue weighted by molar-refractivity contribution is -0.144. The Kier molecular flexibility index (Phi) is 4.50. The van der Waals surface area contributed by atoms with Crippen molar-refractivity contribution in [2.45, 2.75) is 13.0 Å². The van der Waals surface area contributed by atoms with Crippen LogP contribution in [0.25, 0.3) is 0 Å². The zero-order chi connectivity index (χ0) is 13.5. The van der Waals surface area contributed by atoms with Gasteiger partial charge in [-0.2, -0.15) is 0 Å². The van der Waals surface area contributed by atoms with Gasteiger partial charge < -0.3 is 9.47 Å². The van der Waals surface area contributed by atoms with E-state index in [4.69, 9.17) is 9.47 Å². The van der Waals surface area contributed by atoms with E-state index in [-0.39, 0.29) is 19.0 Å². The van der Waals surface area contributed by atoms with Crippen LogP contribution in [-0.2, 0) is 22.6 Å². The number of pyridine rings is 1. The number of esters is 1. The minimum absolute atomic E-state index is 0.191. The number of carbonyl (C=O) groups is 1. The topological polar surface area (TPSA) is 48.4 Å². The van der Waals surface area contributed by atoms with Crippen molar-refractivity contribution in [2.75, 3.05) is 7.11 Å². The summed E-state index contributed by atoms with van der Waals surface area (Å²) in [6.07, 6.45) is 1.85. The highest BCUT2D eigenvalue weighted by Gasteiger charge is 2.05. The van der Waals surface area contributed by atoms with E-state index in [1.165, 1.54) is 0 Å². The molecule has 1 aromatic heterocycles. The van der Waals surface area contributed by atoms with E-state index < -0.39 is 0 Å². The van der Waals surface area contributed by atoms with Gasteiger partial charge in [-0.25, -0.2) is 0 Å². The van der Waals surface area contributed by atoms with Crippen LogP contribution in [0, 0.1) is 0 Å². The molecule has 1 aromatic carbocycles. The Bertz CT molecular complexity index is 523. The zero-order valence-corrected chi connectivity index (χ0v) is 10.7. The van der Waals surface area contributed by atoms with Crippen LogP contribution in [0.2, 0.25) is 0 Å². The Morgan fingerprint density at radius 2 is 1.95 bits per heavy atom. The second-order valence-electron chi connectivity index (χ2n) is 4.01. The normalized spacial score (nSPS) is 9.95. The van der Waals surface area contributed by atoms with Gasteiger partial charge in [0.1, 0.15) is 12.4 Å². The van der Waals surface area contributed by atoms with Crippen molar-refractivity contribution in [3.63, 3.8) is 0 Å². The molecule has 0 amide bonds. The number of aromatic nitrogens is 1. The highest BCUT2D eigenvalue weighted by Crippen LogP contribution is 2.12. The lowest BCUT2D eigenvalue weighted by Gasteiger charge is -2.05. The van der Waals surface area contributed by atoms with Crippen molar-refractivity contribution >= 4 is 5.97 Å². The molecule has 0 bridgehead atoms. The molecule has 19 heavy (non-hydrogen) atoms. The molecular formula is C15H15NO3. The third-order valence-corrected chi connectivity index (χ3v) is 2.61. The maximum Gasteiger partial charge on any atom is 0.312 e. The van der Waals surface area contributed by atoms with Gasteiger partial charge in [-0.3, -0.25) is 9.78 Å². The Morgan fingerprint density at radius 3 is 2.58 bits per heavy atom. The molecule has 0 unspecified atom stereocenters.